The number of nitrogens with zero attached hydrogens (tertiary/aromatic N) is 1. The van der Waals surface area contributed by atoms with Crippen LogP contribution in [0.1, 0.15) is 10.4 Å². The zero-order valence-electron chi connectivity index (χ0n) is 18.8. The number of carbonyl (C=O) groups is 1. The van der Waals surface area contributed by atoms with Crippen LogP contribution in [0, 0.1) is 0 Å². The Bertz CT molecular complexity index is 1690. The van der Waals surface area contributed by atoms with E-state index in [-0.39, 0.29) is 5.91 Å². The van der Waals surface area contributed by atoms with Crippen LogP contribution in [0.15, 0.2) is 126 Å². The maximum atomic E-state index is 13.1. The number of amides is 1. The Morgan fingerprint density at radius 3 is 2.11 bits per heavy atom. The molecule has 5 aromatic carbocycles. The highest BCUT2D eigenvalue weighted by molar-refractivity contribution is 9.10. The van der Waals surface area contributed by atoms with Crippen LogP contribution in [0.3, 0.4) is 0 Å². The summed E-state index contributed by atoms with van der Waals surface area (Å²) in [5, 5.41) is 5.51. The van der Waals surface area contributed by atoms with E-state index < -0.39 is 0 Å². The first-order chi connectivity index (χ1) is 17.2. The molecule has 3 nitrogen and oxygen atoms in total. The number of hydrogen-bond acceptors (Lipinski definition) is 1. The summed E-state index contributed by atoms with van der Waals surface area (Å²) >= 11 is 3.43. The fraction of sp³-hybridized carbons (Fsp3) is 0. The summed E-state index contributed by atoms with van der Waals surface area (Å²) in [4.78, 5) is 13.1. The molecule has 6 rings (SSSR count). The summed E-state index contributed by atoms with van der Waals surface area (Å²) in [5.41, 5.74) is 6.79. The summed E-state index contributed by atoms with van der Waals surface area (Å²) in [7, 11) is 0. The first-order valence-corrected chi connectivity index (χ1v) is 12.2. The lowest BCUT2D eigenvalue weighted by atomic mass is 10.00. The van der Waals surface area contributed by atoms with Gasteiger partial charge in [0.05, 0.1) is 11.0 Å². The number of anilines is 1. The first kappa shape index (κ1) is 21.4. The van der Waals surface area contributed by atoms with E-state index in [1.807, 2.05) is 48.5 Å². The van der Waals surface area contributed by atoms with Crippen molar-refractivity contribution in [3.8, 4) is 16.8 Å². The van der Waals surface area contributed by atoms with Gasteiger partial charge in [-0.25, -0.2) is 0 Å². The topological polar surface area (TPSA) is 34.0 Å². The van der Waals surface area contributed by atoms with Crippen molar-refractivity contribution in [3.05, 3.63) is 131 Å². The van der Waals surface area contributed by atoms with E-state index >= 15 is 0 Å². The lowest BCUT2D eigenvalue weighted by Gasteiger charge is -2.15. The molecule has 0 aliphatic heterocycles. The second-order valence-corrected chi connectivity index (χ2v) is 9.31. The molecule has 0 saturated heterocycles. The van der Waals surface area contributed by atoms with Crippen molar-refractivity contribution in [2.75, 3.05) is 5.32 Å². The Kier molecular flexibility index (Phi) is 5.44. The summed E-state index contributed by atoms with van der Waals surface area (Å²) in [6.07, 6.45) is 0. The van der Waals surface area contributed by atoms with Gasteiger partial charge in [-0.15, -0.1) is 0 Å². The molecule has 0 atom stereocenters. The van der Waals surface area contributed by atoms with Crippen LogP contribution in [-0.4, -0.2) is 10.5 Å². The molecule has 0 saturated carbocycles. The maximum Gasteiger partial charge on any atom is 0.255 e. The third-order valence-electron chi connectivity index (χ3n) is 6.28. The zero-order valence-corrected chi connectivity index (χ0v) is 20.4. The molecule has 0 fully saturated rings. The summed E-state index contributed by atoms with van der Waals surface area (Å²) in [6, 6.07) is 40.7. The SMILES string of the molecule is O=C(Nc1ccccc1-c1cccc2c3ccccc3n(-c3ccccc3)c12)c1ccc(Br)cc1. The number of para-hydroxylation sites is 4. The van der Waals surface area contributed by atoms with Crippen LogP contribution < -0.4 is 5.32 Å². The number of aromatic nitrogens is 1. The lowest BCUT2D eigenvalue weighted by molar-refractivity contribution is 0.102. The molecule has 0 bridgehead atoms. The Balaban J connectivity index is 1.57. The van der Waals surface area contributed by atoms with Crippen molar-refractivity contribution in [1.29, 1.82) is 0 Å². The van der Waals surface area contributed by atoms with Gasteiger partial charge in [-0.05, 0) is 48.5 Å². The predicted octanol–water partition coefficient (Wildman–Crippen LogP) is 8.47. The minimum atomic E-state index is -0.138. The van der Waals surface area contributed by atoms with E-state index in [2.05, 4.69) is 98.6 Å². The molecule has 1 aromatic heterocycles. The number of benzene rings is 5. The third kappa shape index (κ3) is 3.82. The van der Waals surface area contributed by atoms with E-state index in [0.29, 0.717) is 5.56 Å². The number of halogens is 1. The van der Waals surface area contributed by atoms with Crippen LogP contribution in [0.2, 0.25) is 0 Å². The second kappa shape index (κ2) is 8.90. The van der Waals surface area contributed by atoms with Gasteiger partial charge in [0.1, 0.15) is 0 Å². The number of rotatable bonds is 4. The Hall–Kier alpha value is -4.15. The zero-order chi connectivity index (χ0) is 23.8. The molecule has 6 aromatic rings. The van der Waals surface area contributed by atoms with E-state index in [1.165, 1.54) is 10.8 Å². The number of carbonyl (C=O) groups excluding carboxylic acids is 1. The van der Waals surface area contributed by atoms with Gasteiger partial charge < -0.3 is 9.88 Å². The van der Waals surface area contributed by atoms with Crippen molar-refractivity contribution < 1.29 is 4.79 Å². The average Bonchev–Trinajstić information content (AvgIpc) is 3.25. The van der Waals surface area contributed by atoms with Gasteiger partial charge in [0.15, 0.2) is 0 Å². The van der Waals surface area contributed by atoms with Crippen LogP contribution in [0.5, 0.6) is 0 Å². The highest BCUT2D eigenvalue weighted by Crippen LogP contribution is 2.40. The average molecular weight is 517 g/mol. The monoisotopic (exact) mass is 516 g/mol. The lowest BCUT2D eigenvalue weighted by Crippen LogP contribution is -2.12. The van der Waals surface area contributed by atoms with Crippen LogP contribution in [-0.2, 0) is 0 Å². The highest BCUT2D eigenvalue weighted by atomic mass is 79.9. The molecule has 1 amide bonds. The number of nitrogens with one attached hydrogen (secondary N) is 1. The van der Waals surface area contributed by atoms with Gasteiger partial charge in [-0.2, -0.15) is 0 Å². The fourth-order valence-electron chi connectivity index (χ4n) is 4.70. The molecular weight excluding hydrogens is 496 g/mol. The summed E-state index contributed by atoms with van der Waals surface area (Å²) in [5.74, 6) is -0.138. The highest BCUT2D eigenvalue weighted by Gasteiger charge is 2.18. The van der Waals surface area contributed by atoms with Gasteiger partial charge in [0, 0.05) is 43.3 Å². The number of hydrogen-bond donors (Lipinski definition) is 1. The summed E-state index contributed by atoms with van der Waals surface area (Å²) < 4.78 is 3.25. The van der Waals surface area contributed by atoms with Gasteiger partial charge in [0.25, 0.3) is 5.91 Å². The van der Waals surface area contributed by atoms with Gasteiger partial charge >= 0.3 is 0 Å². The van der Waals surface area contributed by atoms with Crippen molar-refractivity contribution >= 4 is 49.3 Å². The van der Waals surface area contributed by atoms with Gasteiger partial charge in [-0.3, -0.25) is 4.79 Å². The molecule has 0 spiro atoms. The molecular formula is C31H21BrN2O. The third-order valence-corrected chi connectivity index (χ3v) is 6.81. The Morgan fingerprint density at radius 1 is 0.629 bits per heavy atom. The molecule has 0 aliphatic carbocycles. The standard InChI is InChI=1S/C31H21BrN2O/c32-22-19-17-21(18-20-22)31(35)33-28-15-6-4-11-24(28)26-13-8-14-27-25-12-5-7-16-29(25)34(30(26)27)23-9-2-1-3-10-23/h1-20H,(H,33,35). The molecule has 0 radical (unpaired) electrons. The molecule has 4 heteroatoms. The number of fused-ring (bicyclic) bond motifs is 3. The van der Waals surface area contributed by atoms with Crippen molar-refractivity contribution in [1.82, 2.24) is 4.57 Å². The van der Waals surface area contributed by atoms with E-state index in [0.717, 1.165) is 38.0 Å². The summed E-state index contributed by atoms with van der Waals surface area (Å²) in [6.45, 7) is 0. The second-order valence-electron chi connectivity index (χ2n) is 8.40. The minimum Gasteiger partial charge on any atom is -0.321 e. The molecule has 0 aliphatic rings. The Morgan fingerprint density at radius 2 is 1.29 bits per heavy atom. The minimum absolute atomic E-state index is 0.138. The van der Waals surface area contributed by atoms with Gasteiger partial charge in [0.2, 0.25) is 0 Å². The first-order valence-electron chi connectivity index (χ1n) is 11.4. The predicted molar refractivity (Wildman–Crippen MR) is 148 cm³/mol. The molecule has 1 heterocycles. The van der Waals surface area contributed by atoms with Crippen molar-refractivity contribution in [3.63, 3.8) is 0 Å². The largest absolute Gasteiger partial charge is 0.321 e. The quantitative estimate of drug-likeness (QED) is 0.250. The maximum absolute atomic E-state index is 13.1. The molecule has 0 unspecified atom stereocenters. The Labute approximate surface area is 211 Å². The van der Waals surface area contributed by atoms with Gasteiger partial charge in [-0.1, -0.05) is 88.7 Å². The van der Waals surface area contributed by atoms with Crippen LogP contribution >= 0.6 is 15.9 Å². The molecule has 1 N–H and O–H groups in total. The molecule has 168 valence electrons. The van der Waals surface area contributed by atoms with Crippen LogP contribution in [0.4, 0.5) is 5.69 Å². The fourth-order valence-corrected chi connectivity index (χ4v) is 4.97. The van der Waals surface area contributed by atoms with Crippen molar-refractivity contribution in [2.24, 2.45) is 0 Å². The van der Waals surface area contributed by atoms with Crippen LogP contribution in [0.25, 0.3) is 38.6 Å². The smallest absolute Gasteiger partial charge is 0.255 e. The normalized spacial score (nSPS) is 11.1. The van der Waals surface area contributed by atoms with E-state index in [9.17, 15) is 4.79 Å². The van der Waals surface area contributed by atoms with Crippen molar-refractivity contribution in [2.45, 2.75) is 0 Å². The van der Waals surface area contributed by atoms with E-state index in [1.54, 1.807) is 0 Å². The van der Waals surface area contributed by atoms with E-state index in [4.69, 9.17) is 0 Å². The molecule has 35 heavy (non-hydrogen) atoms.